The van der Waals surface area contributed by atoms with Crippen molar-refractivity contribution in [2.24, 2.45) is 0 Å². The maximum atomic E-state index is 14.4. The molecule has 1 fully saturated rings. The fourth-order valence-electron chi connectivity index (χ4n) is 2.49. The third-order valence-electron chi connectivity index (χ3n) is 3.43. The Balaban J connectivity index is 2.56. The van der Waals surface area contributed by atoms with Gasteiger partial charge in [0.1, 0.15) is 5.75 Å². The van der Waals surface area contributed by atoms with Crippen LogP contribution in [0.5, 0.6) is 11.5 Å². The van der Waals surface area contributed by atoms with E-state index in [-0.39, 0.29) is 17.1 Å². The van der Waals surface area contributed by atoms with Gasteiger partial charge in [0.2, 0.25) is 0 Å². The van der Waals surface area contributed by atoms with E-state index in [2.05, 4.69) is 5.32 Å². The van der Waals surface area contributed by atoms with E-state index < -0.39 is 0 Å². The maximum Gasteiger partial charge on any atom is 0.173 e. The summed E-state index contributed by atoms with van der Waals surface area (Å²) in [6, 6.07) is 3.35. The summed E-state index contributed by atoms with van der Waals surface area (Å²) >= 11 is 0. The van der Waals surface area contributed by atoms with Gasteiger partial charge in [0, 0.05) is 5.54 Å². The Morgan fingerprint density at radius 3 is 2.41 bits per heavy atom. The lowest BCUT2D eigenvalue weighted by Gasteiger charge is -2.28. The average Bonchev–Trinajstić information content (AvgIpc) is 2.76. The van der Waals surface area contributed by atoms with Crippen LogP contribution in [0.25, 0.3) is 0 Å². The molecule has 17 heavy (non-hydrogen) atoms. The first kappa shape index (κ1) is 12.2. The number of hydrogen-bond donors (Lipinski definition) is 1. The lowest BCUT2D eigenvalue weighted by atomic mass is 9.89. The van der Waals surface area contributed by atoms with E-state index in [4.69, 9.17) is 9.47 Å². The Kier molecular flexibility index (Phi) is 3.24. The molecule has 0 bridgehead atoms. The Labute approximate surface area is 101 Å². The van der Waals surface area contributed by atoms with Crippen molar-refractivity contribution in [3.63, 3.8) is 0 Å². The molecule has 1 saturated heterocycles. The molecular formula is C13H18FNO2. The van der Waals surface area contributed by atoms with E-state index >= 15 is 0 Å². The molecule has 1 aliphatic heterocycles. The third-order valence-corrected chi connectivity index (χ3v) is 3.43. The van der Waals surface area contributed by atoms with Crippen molar-refractivity contribution in [1.29, 1.82) is 0 Å². The number of nitrogens with one attached hydrogen (secondary N) is 1. The predicted molar refractivity (Wildman–Crippen MR) is 64.1 cm³/mol. The van der Waals surface area contributed by atoms with Gasteiger partial charge in [-0.25, -0.2) is 4.39 Å². The standard InChI is InChI=1S/C13H18FNO2/c1-13(7-4-8-15-13)11-9(16-2)5-6-10(17-3)12(11)14/h5-6,15H,4,7-8H2,1-3H3. The van der Waals surface area contributed by atoms with Crippen molar-refractivity contribution in [2.75, 3.05) is 20.8 Å². The molecule has 1 unspecified atom stereocenters. The third kappa shape index (κ3) is 1.97. The van der Waals surface area contributed by atoms with Gasteiger partial charge in [-0.1, -0.05) is 0 Å². The first-order chi connectivity index (χ1) is 8.12. The zero-order valence-corrected chi connectivity index (χ0v) is 10.5. The van der Waals surface area contributed by atoms with Crippen molar-refractivity contribution in [2.45, 2.75) is 25.3 Å². The molecule has 94 valence electrons. The van der Waals surface area contributed by atoms with Gasteiger partial charge < -0.3 is 14.8 Å². The van der Waals surface area contributed by atoms with Crippen LogP contribution >= 0.6 is 0 Å². The van der Waals surface area contributed by atoms with Crippen LogP contribution < -0.4 is 14.8 Å². The maximum absolute atomic E-state index is 14.4. The molecule has 1 atom stereocenters. The van der Waals surface area contributed by atoms with Gasteiger partial charge in [-0.15, -0.1) is 0 Å². The van der Waals surface area contributed by atoms with Crippen LogP contribution in [0.4, 0.5) is 4.39 Å². The smallest absolute Gasteiger partial charge is 0.173 e. The van der Waals surface area contributed by atoms with E-state index in [0.29, 0.717) is 11.3 Å². The number of halogens is 1. The predicted octanol–water partition coefficient (Wildman–Crippen LogP) is 2.44. The van der Waals surface area contributed by atoms with Crippen molar-refractivity contribution in [3.05, 3.63) is 23.5 Å². The zero-order chi connectivity index (χ0) is 12.5. The summed E-state index contributed by atoms with van der Waals surface area (Å²) in [4.78, 5) is 0. The minimum atomic E-state index is -0.371. The van der Waals surface area contributed by atoms with Gasteiger partial charge in [-0.2, -0.15) is 0 Å². The Hall–Kier alpha value is -1.29. The second-order valence-corrected chi connectivity index (χ2v) is 4.52. The molecule has 2 rings (SSSR count). The molecule has 3 nitrogen and oxygen atoms in total. The summed E-state index contributed by atoms with van der Waals surface area (Å²) in [7, 11) is 3.03. The number of ether oxygens (including phenoxy) is 2. The summed E-state index contributed by atoms with van der Waals surface area (Å²) in [6.07, 6.45) is 1.93. The molecule has 0 saturated carbocycles. The first-order valence-corrected chi connectivity index (χ1v) is 5.78. The lowest BCUT2D eigenvalue weighted by Crippen LogP contribution is -2.34. The highest BCUT2D eigenvalue weighted by Gasteiger charge is 2.36. The van der Waals surface area contributed by atoms with E-state index in [0.717, 1.165) is 19.4 Å². The average molecular weight is 239 g/mol. The minimum Gasteiger partial charge on any atom is -0.496 e. The zero-order valence-electron chi connectivity index (χ0n) is 10.5. The largest absolute Gasteiger partial charge is 0.496 e. The number of benzene rings is 1. The molecule has 1 N–H and O–H groups in total. The fraction of sp³-hybridized carbons (Fsp3) is 0.538. The van der Waals surface area contributed by atoms with Crippen molar-refractivity contribution >= 4 is 0 Å². The van der Waals surface area contributed by atoms with Gasteiger partial charge in [-0.05, 0) is 38.4 Å². The van der Waals surface area contributed by atoms with Gasteiger partial charge >= 0.3 is 0 Å². The van der Waals surface area contributed by atoms with E-state index in [1.807, 2.05) is 6.92 Å². The second kappa shape index (κ2) is 4.53. The summed E-state index contributed by atoms with van der Waals surface area (Å²) in [5.74, 6) is 0.500. The van der Waals surface area contributed by atoms with Gasteiger partial charge in [0.05, 0.1) is 19.8 Å². The molecule has 4 heteroatoms. The molecule has 1 heterocycles. The van der Waals surface area contributed by atoms with E-state index in [1.54, 1.807) is 19.2 Å². The second-order valence-electron chi connectivity index (χ2n) is 4.52. The summed E-state index contributed by atoms with van der Waals surface area (Å²) < 4.78 is 24.7. The summed E-state index contributed by atoms with van der Waals surface area (Å²) in [5, 5.41) is 3.34. The quantitative estimate of drug-likeness (QED) is 0.878. The van der Waals surface area contributed by atoms with Crippen LogP contribution in [-0.4, -0.2) is 20.8 Å². The van der Waals surface area contributed by atoms with E-state index in [9.17, 15) is 4.39 Å². The van der Waals surface area contributed by atoms with E-state index in [1.165, 1.54) is 7.11 Å². The molecule has 0 aliphatic carbocycles. The SMILES string of the molecule is COc1ccc(OC)c(C2(C)CCCN2)c1F. The van der Waals surface area contributed by atoms with Crippen LogP contribution in [0.15, 0.2) is 12.1 Å². The highest BCUT2D eigenvalue weighted by atomic mass is 19.1. The van der Waals surface area contributed by atoms with Crippen molar-refractivity contribution in [3.8, 4) is 11.5 Å². The highest BCUT2D eigenvalue weighted by Crippen LogP contribution is 2.40. The van der Waals surface area contributed by atoms with Gasteiger partial charge in [0.25, 0.3) is 0 Å². The summed E-state index contributed by atoms with van der Waals surface area (Å²) in [5.41, 5.74) is 0.195. The molecule has 0 aromatic heterocycles. The molecular weight excluding hydrogens is 221 g/mol. The number of hydrogen-bond acceptors (Lipinski definition) is 3. The number of rotatable bonds is 3. The minimum absolute atomic E-state index is 0.260. The van der Waals surface area contributed by atoms with Crippen molar-refractivity contribution < 1.29 is 13.9 Å². The van der Waals surface area contributed by atoms with Crippen LogP contribution in [0.1, 0.15) is 25.3 Å². The molecule has 0 amide bonds. The van der Waals surface area contributed by atoms with Crippen molar-refractivity contribution in [1.82, 2.24) is 5.32 Å². The fourth-order valence-corrected chi connectivity index (χ4v) is 2.49. The Bertz CT molecular complexity index is 414. The molecule has 1 aromatic carbocycles. The van der Waals surface area contributed by atoms with Gasteiger partial charge in [0.15, 0.2) is 11.6 Å². The monoisotopic (exact) mass is 239 g/mol. The Morgan fingerprint density at radius 1 is 1.24 bits per heavy atom. The molecule has 0 spiro atoms. The molecule has 1 aromatic rings. The lowest BCUT2D eigenvalue weighted by molar-refractivity contribution is 0.336. The van der Waals surface area contributed by atoms with Gasteiger partial charge in [-0.3, -0.25) is 0 Å². The number of methoxy groups -OCH3 is 2. The first-order valence-electron chi connectivity index (χ1n) is 5.78. The van der Waals surface area contributed by atoms with Crippen LogP contribution in [-0.2, 0) is 5.54 Å². The van der Waals surface area contributed by atoms with Crippen LogP contribution in [0, 0.1) is 5.82 Å². The Morgan fingerprint density at radius 2 is 1.88 bits per heavy atom. The summed E-state index contributed by atoms with van der Waals surface area (Å²) in [6.45, 7) is 2.90. The molecule has 0 radical (unpaired) electrons. The molecule has 1 aliphatic rings. The van der Waals surface area contributed by atoms with Crippen LogP contribution in [0.3, 0.4) is 0 Å². The topological polar surface area (TPSA) is 30.5 Å². The highest BCUT2D eigenvalue weighted by molar-refractivity contribution is 5.46. The van der Waals surface area contributed by atoms with Crippen LogP contribution in [0.2, 0.25) is 0 Å². The normalized spacial score (nSPS) is 23.8.